The van der Waals surface area contributed by atoms with Crippen LogP contribution in [0.4, 0.5) is 11.4 Å². The van der Waals surface area contributed by atoms with Crippen LogP contribution in [0, 0.1) is 5.92 Å². The van der Waals surface area contributed by atoms with Crippen LogP contribution in [-0.2, 0) is 0 Å². The van der Waals surface area contributed by atoms with Crippen molar-refractivity contribution in [2.75, 3.05) is 11.5 Å². The van der Waals surface area contributed by atoms with Crippen LogP contribution in [0.3, 0.4) is 0 Å². The second-order valence-electron chi connectivity index (χ2n) is 4.39. The van der Waals surface area contributed by atoms with Gasteiger partial charge >= 0.3 is 0 Å². The molecule has 0 saturated heterocycles. The third kappa shape index (κ3) is 3.15. The average Bonchev–Trinajstić information content (AvgIpc) is 2.15. The Kier molecular flexibility index (Phi) is 3.77. The molecule has 1 amide bonds. The molecule has 1 aromatic rings. The predicted molar refractivity (Wildman–Crippen MR) is 67.0 cm³/mol. The van der Waals surface area contributed by atoms with E-state index in [-0.39, 0.29) is 11.9 Å². The van der Waals surface area contributed by atoms with Gasteiger partial charge in [-0.1, -0.05) is 13.8 Å². The molecular weight excluding hydrogens is 202 g/mol. The first-order valence-electron chi connectivity index (χ1n) is 5.37. The van der Waals surface area contributed by atoms with Crippen molar-refractivity contribution in [3.8, 4) is 0 Å². The Hall–Kier alpha value is -1.71. The number of rotatable bonds is 3. The van der Waals surface area contributed by atoms with E-state index in [4.69, 9.17) is 11.5 Å². The summed E-state index contributed by atoms with van der Waals surface area (Å²) >= 11 is 0. The van der Waals surface area contributed by atoms with Crippen molar-refractivity contribution in [2.45, 2.75) is 26.8 Å². The molecule has 88 valence electrons. The molecule has 16 heavy (non-hydrogen) atoms. The van der Waals surface area contributed by atoms with Crippen LogP contribution in [0.15, 0.2) is 18.2 Å². The van der Waals surface area contributed by atoms with Crippen molar-refractivity contribution < 1.29 is 4.79 Å². The van der Waals surface area contributed by atoms with Crippen LogP contribution >= 0.6 is 0 Å². The number of nitrogens with two attached hydrogens (primary N) is 2. The lowest BCUT2D eigenvalue weighted by molar-refractivity contribution is 0.0930. The average molecular weight is 221 g/mol. The fraction of sp³-hybridized carbons (Fsp3) is 0.417. The van der Waals surface area contributed by atoms with E-state index in [0.29, 0.717) is 22.9 Å². The number of hydrogen-bond donors (Lipinski definition) is 3. The number of hydrogen-bond acceptors (Lipinski definition) is 3. The first-order valence-corrected chi connectivity index (χ1v) is 5.37. The van der Waals surface area contributed by atoms with Crippen LogP contribution in [0.5, 0.6) is 0 Å². The topological polar surface area (TPSA) is 81.1 Å². The maximum Gasteiger partial charge on any atom is 0.251 e. The zero-order valence-electron chi connectivity index (χ0n) is 9.95. The lowest BCUT2D eigenvalue weighted by atomic mass is 10.1. The van der Waals surface area contributed by atoms with Crippen LogP contribution in [0.1, 0.15) is 31.1 Å². The van der Waals surface area contributed by atoms with Crippen molar-refractivity contribution in [3.63, 3.8) is 0 Å². The monoisotopic (exact) mass is 221 g/mol. The van der Waals surface area contributed by atoms with Gasteiger partial charge in [-0.3, -0.25) is 4.79 Å². The summed E-state index contributed by atoms with van der Waals surface area (Å²) in [6, 6.07) is 5.00. The maximum atomic E-state index is 11.8. The first-order chi connectivity index (χ1) is 7.40. The number of benzene rings is 1. The molecule has 1 aromatic carbocycles. The van der Waals surface area contributed by atoms with Gasteiger partial charge in [0.2, 0.25) is 0 Å². The van der Waals surface area contributed by atoms with E-state index in [9.17, 15) is 4.79 Å². The molecule has 0 heterocycles. The minimum absolute atomic E-state index is 0.121. The summed E-state index contributed by atoms with van der Waals surface area (Å²) in [6.45, 7) is 6.08. The van der Waals surface area contributed by atoms with Crippen LogP contribution in [0.25, 0.3) is 0 Å². The lowest BCUT2D eigenvalue weighted by Crippen LogP contribution is -2.36. The largest absolute Gasteiger partial charge is 0.399 e. The Balaban J connectivity index is 2.80. The van der Waals surface area contributed by atoms with Gasteiger partial charge in [0.05, 0.1) is 0 Å². The highest BCUT2D eigenvalue weighted by Crippen LogP contribution is 2.14. The highest BCUT2D eigenvalue weighted by molar-refractivity contribution is 5.96. The van der Waals surface area contributed by atoms with Crippen molar-refractivity contribution in [1.29, 1.82) is 0 Å². The van der Waals surface area contributed by atoms with E-state index in [0.717, 1.165) is 0 Å². The van der Waals surface area contributed by atoms with E-state index < -0.39 is 0 Å². The Morgan fingerprint density at radius 2 is 1.62 bits per heavy atom. The van der Waals surface area contributed by atoms with Crippen molar-refractivity contribution in [3.05, 3.63) is 23.8 Å². The number of carbonyl (C=O) groups excluding carboxylic acids is 1. The Morgan fingerprint density at radius 1 is 1.12 bits per heavy atom. The minimum atomic E-state index is -0.139. The third-order valence-electron chi connectivity index (χ3n) is 2.60. The van der Waals surface area contributed by atoms with Crippen molar-refractivity contribution >= 4 is 17.3 Å². The highest BCUT2D eigenvalue weighted by Gasteiger charge is 2.12. The number of amides is 1. The smallest absolute Gasteiger partial charge is 0.251 e. The standard InChI is InChI=1S/C12H19N3O/c1-7(2)8(3)15-12(16)9-4-10(13)6-11(14)5-9/h4-8H,13-14H2,1-3H3,(H,15,16). The summed E-state index contributed by atoms with van der Waals surface area (Å²) in [5, 5.41) is 2.90. The number of carbonyl (C=O) groups is 1. The SMILES string of the molecule is CC(C)C(C)NC(=O)c1cc(N)cc(N)c1. The molecule has 0 aliphatic carbocycles. The maximum absolute atomic E-state index is 11.8. The Morgan fingerprint density at radius 3 is 2.06 bits per heavy atom. The van der Waals surface area contributed by atoms with Gasteiger partial charge in [-0.25, -0.2) is 0 Å². The Labute approximate surface area is 96.0 Å². The van der Waals surface area contributed by atoms with Gasteiger partial charge in [-0.05, 0) is 31.0 Å². The predicted octanol–water partition coefficient (Wildman–Crippen LogP) is 1.63. The molecule has 0 fully saturated rings. The van der Waals surface area contributed by atoms with Crippen molar-refractivity contribution in [2.24, 2.45) is 5.92 Å². The molecule has 1 rings (SSSR count). The number of nitrogen functional groups attached to an aromatic ring is 2. The molecule has 0 bridgehead atoms. The quantitative estimate of drug-likeness (QED) is 0.678. The first kappa shape index (κ1) is 12.4. The molecule has 1 atom stereocenters. The molecule has 5 N–H and O–H groups in total. The lowest BCUT2D eigenvalue weighted by Gasteiger charge is -2.17. The molecule has 0 aliphatic heterocycles. The molecule has 0 aromatic heterocycles. The normalized spacial score (nSPS) is 12.5. The summed E-state index contributed by atoms with van der Waals surface area (Å²) in [7, 11) is 0. The third-order valence-corrected chi connectivity index (χ3v) is 2.60. The summed E-state index contributed by atoms with van der Waals surface area (Å²) in [5.74, 6) is 0.252. The summed E-state index contributed by atoms with van der Waals surface area (Å²) in [5.41, 5.74) is 12.8. The molecule has 0 spiro atoms. The number of nitrogens with one attached hydrogen (secondary N) is 1. The van der Waals surface area contributed by atoms with Gasteiger partial charge in [0.1, 0.15) is 0 Å². The van der Waals surface area contributed by atoms with Gasteiger partial charge in [0, 0.05) is 23.0 Å². The molecule has 0 aliphatic rings. The van der Waals surface area contributed by atoms with Gasteiger partial charge in [0.25, 0.3) is 5.91 Å². The molecule has 0 radical (unpaired) electrons. The Bertz CT molecular complexity index is 368. The molecule has 1 unspecified atom stereocenters. The van der Waals surface area contributed by atoms with Crippen LogP contribution < -0.4 is 16.8 Å². The second kappa shape index (κ2) is 4.88. The van der Waals surface area contributed by atoms with Gasteiger partial charge in [-0.15, -0.1) is 0 Å². The van der Waals surface area contributed by atoms with E-state index in [1.165, 1.54) is 0 Å². The fourth-order valence-corrected chi connectivity index (χ4v) is 1.26. The van der Waals surface area contributed by atoms with Crippen molar-refractivity contribution in [1.82, 2.24) is 5.32 Å². The van der Waals surface area contributed by atoms with E-state index in [1.54, 1.807) is 18.2 Å². The van der Waals surface area contributed by atoms with Gasteiger partial charge in [0.15, 0.2) is 0 Å². The highest BCUT2D eigenvalue weighted by atomic mass is 16.1. The summed E-state index contributed by atoms with van der Waals surface area (Å²) < 4.78 is 0. The summed E-state index contributed by atoms with van der Waals surface area (Å²) in [4.78, 5) is 11.8. The van der Waals surface area contributed by atoms with E-state index in [1.807, 2.05) is 6.92 Å². The second-order valence-corrected chi connectivity index (χ2v) is 4.39. The van der Waals surface area contributed by atoms with Gasteiger partial charge < -0.3 is 16.8 Å². The number of anilines is 2. The molecule has 0 saturated carbocycles. The molecule has 4 heteroatoms. The summed E-state index contributed by atoms with van der Waals surface area (Å²) in [6.07, 6.45) is 0. The van der Waals surface area contributed by atoms with Crippen LogP contribution in [-0.4, -0.2) is 11.9 Å². The van der Waals surface area contributed by atoms with E-state index >= 15 is 0 Å². The molecular formula is C12H19N3O. The minimum Gasteiger partial charge on any atom is -0.399 e. The zero-order chi connectivity index (χ0) is 12.3. The molecule has 4 nitrogen and oxygen atoms in total. The zero-order valence-corrected chi connectivity index (χ0v) is 9.95. The van der Waals surface area contributed by atoms with Crippen LogP contribution in [0.2, 0.25) is 0 Å². The van der Waals surface area contributed by atoms with Gasteiger partial charge in [-0.2, -0.15) is 0 Å². The van der Waals surface area contributed by atoms with E-state index in [2.05, 4.69) is 19.2 Å². The fourth-order valence-electron chi connectivity index (χ4n) is 1.26.